The first-order valence-electron chi connectivity index (χ1n) is 5.85. The lowest BCUT2D eigenvalue weighted by Crippen LogP contribution is -2.35. The highest BCUT2D eigenvalue weighted by atomic mass is 79.9. The molecule has 1 aromatic carbocycles. The van der Waals surface area contributed by atoms with Crippen LogP contribution in [0.25, 0.3) is 0 Å². The van der Waals surface area contributed by atoms with Crippen LogP contribution in [-0.2, 0) is 5.54 Å². The number of aryl methyl sites for hydroxylation is 1. The van der Waals surface area contributed by atoms with Crippen molar-refractivity contribution in [3.05, 3.63) is 52.1 Å². The Morgan fingerprint density at radius 2 is 2.11 bits per heavy atom. The van der Waals surface area contributed by atoms with E-state index in [4.69, 9.17) is 4.42 Å². The summed E-state index contributed by atoms with van der Waals surface area (Å²) in [7, 11) is 0. The van der Waals surface area contributed by atoms with Crippen molar-refractivity contribution in [2.75, 3.05) is 11.9 Å². The fraction of sp³-hybridized carbons (Fsp3) is 0.286. The second-order valence-corrected chi connectivity index (χ2v) is 5.52. The van der Waals surface area contributed by atoms with Crippen molar-refractivity contribution >= 4 is 21.6 Å². The number of benzene rings is 1. The molecule has 0 bridgehead atoms. The minimum Gasteiger partial charge on any atom is -0.452 e. The SMILES string of the molecule is Cc1cc(F)cc(NC(C)(CO)c2ccc(Br)o2)c1. The normalized spacial score (nSPS) is 14.2. The number of furan rings is 1. The van der Waals surface area contributed by atoms with Gasteiger partial charge in [-0.05, 0) is 65.7 Å². The van der Waals surface area contributed by atoms with Crippen molar-refractivity contribution in [2.45, 2.75) is 19.4 Å². The number of halogens is 2. The Labute approximate surface area is 119 Å². The predicted molar refractivity (Wildman–Crippen MR) is 75.6 cm³/mol. The molecule has 2 rings (SSSR count). The first-order valence-corrected chi connectivity index (χ1v) is 6.64. The van der Waals surface area contributed by atoms with E-state index in [1.54, 1.807) is 19.1 Å². The van der Waals surface area contributed by atoms with Crippen LogP contribution >= 0.6 is 15.9 Å². The molecule has 0 radical (unpaired) electrons. The van der Waals surface area contributed by atoms with E-state index >= 15 is 0 Å². The van der Waals surface area contributed by atoms with Gasteiger partial charge < -0.3 is 14.8 Å². The van der Waals surface area contributed by atoms with Crippen LogP contribution in [0.1, 0.15) is 18.2 Å². The molecular weight excluding hydrogens is 313 g/mol. The van der Waals surface area contributed by atoms with Crippen LogP contribution in [0.3, 0.4) is 0 Å². The molecule has 0 fully saturated rings. The zero-order chi connectivity index (χ0) is 14.0. The summed E-state index contributed by atoms with van der Waals surface area (Å²) in [6.07, 6.45) is 0. The van der Waals surface area contributed by atoms with Crippen molar-refractivity contribution in [3.8, 4) is 0 Å². The smallest absolute Gasteiger partial charge is 0.169 e. The minimum atomic E-state index is -0.813. The van der Waals surface area contributed by atoms with Gasteiger partial charge in [-0.3, -0.25) is 0 Å². The van der Waals surface area contributed by atoms with Crippen LogP contribution in [0.2, 0.25) is 0 Å². The highest BCUT2D eigenvalue weighted by molar-refractivity contribution is 9.10. The Hall–Kier alpha value is -1.33. The van der Waals surface area contributed by atoms with Crippen molar-refractivity contribution in [2.24, 2.45) is 0 Å². The Bertz CT molecular complexity index is 564. The average molecular weight is 328 g/mol. The van der Waals surface area contributed by atoms with Crippen LogP contribution in [-0.4, -0.2) is 11.7 Å². The van der Waals surface area contributed by atoms with Gasteiger partial charge in [0.15, 0.2) is 4.67 Å². The Kier molecular flexibility index (Phi) is 3.96. The summed E-state index contributed by atoms with van der Waals surface area (Å²) < 4.78 is 19.4. The molecule has 1 unspecified atom stereocenters. The monoisotopic (exact) mass is 327 g/mol. The first-order chi connectivity index (χ1) is 8.93. The number of nitrogens with one attached hydrogen (secondary N) is 1. The molecule has 0 aliphatic carbocycles. The maximum Gasteiger partial charge on any atom is 0.169 e. The van der Waals surface area contributed by atoms with Gasteiger partial charge in [-0.1, -0.05) is 0 Å². The minimum absolute atomic E-state index is 0.178. The molecule has 102 valence electrons. The van der Waals surface area contributed by atoms with Gasteiger partial charge in [-0.15, -0.1) is 0 Å². The third kappa shape index (κ3) is 3.16. The van der Waals surface area contributed by atoms with Crippen LogP contribution < -0.4 is 5.32 Å². The van der Waals surface area contributed by atoms with Crippen LogP contribution in [0.4, 0.5) is 10.1 Å². The largest absolute Gasteiger partial charge is 0.452 e. The lowest BCUT2D eigenvalue weighted by atomic mass is 9.99. The van der Waals surface area contributed by atoms with Crippen LogP contribution in [0.15, 0.2) is 39.4 Å². The van der Waals surface area contributed by atoms with Gasteiger partial charge in [0.1, 0.15) is 17.1 Å². The third-order valence-electron chi connectivity index (χ3n) is 2.90. The Morgan fingerprint density at radius 3 is 2.63 bits per heavy atom. The quantitative estimate of drug-likeness (QED) is 0.897. The summed E-state index contributed by atoms with van der Waals surface area (Å²) in [5.74, 6) is 0.257. The summed E-state index contributed by atoms with van der Waals surface area (Å²) in [6, 6.07) is 8.17. The molecule has 1 aromatic heterocycles. The van der Waals surface area contributed by atoms with E-state index in [1.807, 2.05) is 13.0 Å². The molecule has 0 saturated carbocycles. The second kappa shape index (κ2) is 5.35. The summed E-state index contributed by atoms with van der Waals surface area (Å²) in [5.41, 5.74) is 0.594. The zero-order valence-corrected chi connectivity index (χ0v) is 12.3. The first kappa shape index (κ1) is 14.1. The second-order valence-electron chi connectivity index (χ2n) is 4.74. The maximum atomic E-state index is 13.4. The summed E-state index contributed by atoms with van der Waals surface area (Å²) in [5, 5.41) is 12.7. The van der Waals surface area contributed by atoms with Crippen molar-refractivity contribution in [3.63, 3.8) is 0 Å². The number of aliphatic hydroxyl groups excluding tert-OH is 1. The van der Waals surface area contributed by atoms with Gasteiger partial charge in [0, 0.05) is 5.69 Å². The highest BCUT2D eigenvalue weighted by Crippen LogP contribution is 2.29. The molecule has 2 N–H and O–H groups in total. The standard InChI is InChI=1S/C14H15BrFNO2/c1-9-5-10(16)7-11(6-9)17-14(2,8-18)12-3-4-13(15)19-12/h3-7,17-18H,8H2,1-2H3. The fourth-order valence-electron chi connectivity index (χ4n) is 1.92. The molecule has 5 heteroatoms. The van der Waals surface area contributed by atoms with Crippen molar-refractivity contribution in [1.29, 1.82) is 0 Å². The van der Waals surface area contributed by atoms with E-state index in [0.29, 0.717) is 16.1 Å². The Balaban J connectivity index is 2.32. The third-order valence-corrected chi connectivity index (χ3v) is 3.32. The number of aliphatic hydroxyl groups is 1. The maximum absolute atomic E-state index is 13.4. The summed E-state index contributed by atoms with van der Waals surface area (Å²) in [6.45, 7) is 3.43. The number of hydrogen-bond donors (Lipinski definition) is 2. The van der Waals surface area contributed by atoms with Crippen molar-refractivity contribution in [1.82, 2.24) is 0 Å². The van der Waals surface area contributed by atoms with Gasteiger partial charge >= 0.3 is 0 Å². The average Bonchev–Trinajstić information content (AvgIpc) is 2.75. The molecule has 0 aliphatic heterocycles. The summed E-state index contributed by atoms with van der Waals surface area (Å²) in [4.78, 5) is 0. The lowest BCUT2D eigenvalue weighted by molar-refractivity contribution is 0.202. The molecule has 1 heterocycles. The van der Waals surface area contributed by atoms with Gasteiger partial charge in [0.05, 0.1) is 6.61 Å². The molecule has 0 amide bonds. The molecule has 0 spiro atoms. The Morgan fingerprint density at radius 1 is 1.37 bits per heavy atom. The molecule has 2 aromatic rings. The van der Waals surface area contributed by atoms with E-state index in [9.17, 15) is 9.50 Å². The molecule has 0 saturated heterocycles. The number of anilines is 1. The molecular formula is C14H15BrFNO2. The van der Waals surface area contributed by atoms with E-state index in [-0.39, 0.29) is 12.4 Å². The number of hydrogen-bond acceptors (Lipinski definition) is 3. The van der Waals surface area contributed by atoms with E-state index in [0.717, 1.165) is 5.56 Å². The highest BCUT2D eigenvalue weighted by Gasteiger charge is 2.29. The van der Waals surface area contributed by atoms with Crippen molar-refractivity contribution < 1.29 is 13.9 Å². The zero-order valence-electron chi connectivity index (χ0n) is 10.7. The number of rotatable bonds is 4. The van der Waals surface area contributed by atoms with E-state index in [2.05, 4.69) is 21.2 Å². The van der Waals surface area contributed by atoms with E-state index in [1.165, 1.54) is 12.1 Å². The van der Waals surface area contributed by atoms with Gasteiger partial charge in [-0.2, -0.15) is 0 Å². The lowest BCUT2D eigenvalue weighted by Gasteiger charge is -2.28. The van der Waals surface area contributed by atoms with Gasteiger partial charge in [0.25, 0.3) is 0 Å². The van der Waals surface area contributed by atoms with Crippen LogP contribution in [0.5, 0.6) is 0 Å². The fourth-order valence-corrected chi connectivity index (χ4v) is 2.22. The molecule has 19 heavy (non-hydrogen) atoms. The van der Waals surface area contributed by atoms with Crippen LogP contribution in [0, 0.1) is 12.7 Å². The molecule has 1 atom stereocenters. The molecule has 3 nitrogen and oxygen atoms in total. The van der Waals surface area contributed by atoms with Gasteiger partial charge in [-0.25, -0.2) is 4.39 Å². The van der Waals surface area contributed by atoms with E-state index < -0.39 is 5.54 Å². The van der Waals surface area contributed by atoms with Gasteiger partial charge in [0.2, 0.25) is 0 Å². The molecule has 0 aliphatic rings. The topological polar surface area (TPSA) is 45.4 Å². The summed E-state index contributed by atoms with van der Waals surface area (Å²) >= 11 is 3.23. The predicted octanol–water partition coefficient (Wildman–Crippen LogP) is 3.81.